The Balaban J connectivity index is 3.26. The first-order valence-corrected chi connectivity index (χ1v) is 6.92. The van der Waals surface area contributed by atoms with Gasteiger partial charge < -0.3 is 4.90 Å². The topological polar surface area (TPSA) is 3.24 Å². The summed E-state index contributed by atoms with van der Waals surface area (Å²) in [6.45, 7) is 3.87. The summed E-state index contributed by atoms with van der Waals surface area (Å²) in [5.41, 5.74) is 0.299. The van der Waals surface area contributed by atoms with E-state index in [-0.39, 0.29) is 11.7 Å². The first-order chi connectivity index (χ1) is 8.31. The third-order valence-electron chi connectivity index (χ3n) is 3.15. The van der Waals surface area contributed by atoms with E-state index in [1.54, 1.807) is 24.1 Å². The van der Waals surface area contributed by atoms with Gasteiger partial charge in [-0.1, -0.05) is 28.9 Å². The Bertz CT molecular complexity index is 404. The third kappa shape index (κ3) is 3.40. The molecule has 1 nitrogen and oxygen atoms in total. The molecule has 0 fully saturated rings. The molecular weight excluding hydrogens is 307 g/mol. The normalized spacial score (nSPS) is 13.5. The van der Waals surface area contributed by atoms with Crippen LogP contribution in [0, 0.1) is 0 Å². The number of nitrogens with zero attached hydrogens (tertiary/aromatic N) is 1. The van der Waals surface area contributed by atoms with Crippen LogP contribution in [0.3, 0.4) is 0 Å². The number of halogens is 4. The Morgan fingerprint density at radius 1 is 1.33 bits per heavy atom. The SMILES string of the molecule is CCC(C)N(C)c1ccc(CBr)cc1C(F)(F)F. The van der Waals surface area contributed by atoms with E-state index in [1.165, 1.54) is 6.07 Å². The Labute approximate surface area is 114 Å². The Hall–Kier alpha value is -0.710. The fourth-order valence-corrected chi connectivity index (χ4v) is 2.06. The molecule has 1 rings (SSSR count). The minimum absolute atomic E-state index is 0.0703. The van der Waals surface area contributed by atoms with Gasteiger partial charge in [0.1, 0.15) is 0 Å². The van der Waals surface area contributed by atoms with Gasteiger partial charge in [-0.25, -0.2) is 0 Å². The fourth-order valence-electron chi connectivity index (χ4n) is 1.71. The first-order valence-electron chi connectivity index (χ1n) is 5.80. The van der Waals surface area contributed by atoms with Gasteiger partial charge in [0.25, 0.3) is 0 Å². The van der Waals surface area contributed by atoms with Gasteiger partial charge in [0.2, 0.25) is 0 Å². The highest BCUT2D eigenvalue weighted by atomic mass is 79.9. The van der Waals surface area contributed by atoms with Crippen LogP contribution in [0.25, 0.3) is 0 Å². The van der Waals surface area contributed by atoms with E-state index in [4.69, 9.17) is 0 Å². The molecule has 0 amide bonds. The minimum atomic E-state index is -4.32. The monoisotopic (exact) mass is 323 g/mol. The second kappa shape index (κ2) is 5.95. The molecule has 1 unspecified atom stereocenters. The van der Waals surface area contributed by atoms with Gasteiger partial charge in [-0.2, -0.15) is 13.2 Å². The Morgan fingerprint density at radius 2 is 1.94 bits per heavy atom. The van der Waals surface area contributed by atoms with Crippen molar-refractivity contribution >= 4 is 21.6 Å². The minimum Gasteiger partial charge on any atom is -0.371 e. The number of hydrogen-bond donors (Lipinski definition) is 0. The van der Waals surface area contributed by atoms with Crippen molar-refractivity contribution in [3.63, 3.8) is 0 Å². The highest BCUT2D eigenvalue weighted by Gasteiger charge is 2.35. The molecule has 1 aromatic rings. The summed E-state index contributed by atoms with van der Waals surface area (Å²) in [5.74, 6) is 0. The molecule has 0 aliphatic rings. The molecule has 0 aromatic heterocycles. The standard InChI is InChI=1S/C13H17BrF3N/c1-4-9(2)18(3)12-6-5-10(8-14)7-11(12)13(15,16)17/h5-7,9H,4,8H2,1-3H3. The van der Waals surface area contributed by atoms with Crippen molar-refractivity contribution in [3.8, 4) is 0 Å². The lowest BCUT2D eigenvalue weighted by Crippen LogP contribution is -2.30. The second-order valence-electron chi connectivity index (χ2n) is 4.35. The van der Waals surface area contributed by atoms with Crippen molar-refractivity contribution in [2.75, 3.05) is 11.9 Å². The highest BCUT2D eigenvalue weighted by Crippen LogP contribution is 2.38. The van der Waals surface area contributed by atoms with Gasteiger partial charge in [-0.05, 0) is 31.0 Å². The van der Waals surface area contributed by atoms with E-state index in [0.717, 1.165) is 6.42 Å². The van der Waals surface area contributed by atoms with Crippen molar-refractivity contribution in [1.82, 2.24) is 0 Å². The van der Waals surface area contributed by atoms with Crippen LogP contribution in [0.15, 0.2) is 18.2 Å². The van der Waals surface area contributed by atoms with Crippen LogP contribution in [0.4, 0.5) is 18.9 Å². The molecule has 0 heterocycles. The zero-order valence-electron chi connectivity index (χ0n) is 10.7. The summed E-state index contributed by atoms with van der Waals surface area (Å²) in [7, 11) is 1.70. The average Bonchev–Trinajstić information content (AvgIpc) is 2.35. The second-order valence-corrected chi connectivity index (χ2v) is 4.91. The summed E-state index contributed by atoms with van der Waals surface area (Å²) < 4.78 is 39.2. The average molecular weight is 324 g/mol. The van der Waals surface area contributed by atoms with Crippen molar-refractivity contribution < 1.29 is 13.2 Å². The van der Waals surface area contributed by atoms with Crippen molar-refractivity contribution in [1.29, 1.82) is 0 Å². The molecule has 0 aliphatic heterocycles. The molecule has 0 saturated heterocycles. The molecule has 102 valence electrons. The fraction of sp³-hybridized carbons (Fsp3) is 0.538. The molecule has 0 N–H and O–H groups in total. The van der Waals surface area contributed by atoms with Crippen molar-refractivity contribution in [3.05, 3.63) is 29.3 Å². The van der Waals surface area contributed by atoms with Crippen LogP contribution >= 0.6 is 15.9 Å². The third-order valence-corrected chi connectivity index (χ3v) is 3.80. The quantitative estimate of drug-likeness (QED) is 0.717. The maximum absolute atomic E-state index is 13.1. The van der Waals surface area contributed by atoms with E-state index in [0.29, 0.717) is 10.9 Å². The van der Waals surface area contributed by atoms with Gasteiger partial charge in [0, 0.05) is 24.1 Å². The van der Waals surface area contributed by atoms with Crippen LogP contribution in [-0.4, -0.2) is 13.1 Å². The van der Waals surface area contributed by atoms with E-state index < -0.39 is 11.7 Å². The van der Waals surface area contributed by atoms with Crippen LogP contribution in [-0.2, 0) is 11.5 Å². The summed E-state index contributed by atoms with van der Waals surface area (Å²) in [5, 5.41) is 0.420. The molecule has 0 radical (unpaired) electrons. The summed E-state index contributed by atoms with van der Waals surface area (Å²) in [6, 6.07) is 4.55. The zero-order chi connectivity index (χ0) is 13.9. The van der Waals surface area contributed by atoms with Gasteiger partial charge in [-0.3, -0.25) is 0 Å². The van der Waals surface area contributed by atoms with Crippen LogP contribution in [0.2, 0.25) is 0 Å². The molecule has 1 atom stereocenters. The van der Waals surface area contributed by atoms with Gasteiger partial charge in [0.05, 0.1) is 5.56 Å². The summed E-state index contributed by atoms with van der Waals surface area (Å²) in [6.07, 6.45) is -3.52. The molecule has 0 bridgehead atoms. The molecule has 5 heteroatoms. The van der Waals surface area contributed by atoms with Crippen LogP contribution in [0.5, 0.6) is 0 Å². The number of rotatable bonds is 4. The predicted molar refractivity (Wildman–Crippen MR) is 72.2 cm³/mol. The molecule has 0 spiro atoms. The van der Waals surface area contributed by atoms with Crippen LogP contribution in [0.1, 0.15) is 31.4 Å². The first kappa shape index (κ1) is 15.3. The lowest BCUT2D eigenvalue weighted by molar-refractivity contribution is -0.137. The van der Waals surface area contributed by atoms with E-state index in [2.05, 4.69) is 15.9 Å². The van der Waals surface area contributed by atoms with Crippen molar-refractivity contribution in [2.24, 2.45) is 0 Å². The molecule has 0 saturated carbocycles. The van der Waals surface area contributed by atoms with E-state index in [9.17, 15) is 13.2 Å². The zero-order valence-corrected chi connectivity index (χ0v) is 12.3. The smallest absolute Gasteiger partial charge is 0.371 e. The number of anilines is 1. The summed E-state index contributed by atoms with van der Waals surface area (Å²) in [4.78, 5) is 1.68. The maximum Gasteiger partial charge on any atom is 0.418 e. The Morgan fingerprint density at radius 3 is 2.39 bits per heavy atom. The number of alkyl halides is 4. The molecular formula is C13H17BrF3N. The van der Waals surface area contributed by atoms with E-state index >= 15 is 0 Å². The number of benzene rings is 1. The number of hydrogen-bond acceptors (Lipinski definition) is 1. The van der Waals surface area contributed by atoms with E-state index in [1.807, 2.05) is 13.8 Å². The predicted octanol–water partition coefficient (Wildman–Crippen LogP) is 4.84. The van der Waals surface area contributed by atoms with Gasteiger partial charge >= 0.3 is 6.18 Å². The lowest BCUT2D eigenvalue weighted by Gasteiger charge is -2.29. The Kier molecular flexibility index (Phi) is 5.08. The largest absolute Gasteiger partial charge is 0.418 e. The molecule has 1 aromatic carbocycles. The lowest BCUT2D eigenvalue weighted by atomic mass is 10.1. The molecule has 0 aliphatic carbocycles. The van der Waals surface area contributed by atoms with Gasteiger partial charge in [0.15, 0.2) is 0 Å². The molecule has 18 heavy (non-hydrogen) atoms. The maximum atomic E-state index is 13.1. The van der Waals surface area contributed by atoms with Crippen molar-refractivity contribution in [2.45, 2.75) is 37.8 Å². The van der Waals surface area contributed by atoms with Gasteiger partial charge in [-0.15, -0.1) is 0 Å². The summed E-state index contributed by atoms with van der Waals surface area (Å²) >= 11 is 3.18. The van der Waals surface area contributed by atoms with Crippen LogP contribution < -0.4 is 4.90 Å². The highest BCUT2D eigenvalue weighted by molar-refractivity contribution is 9.08.